The van der Waals surface area contributed by atoms with Crippen LogP contribution in [0.4, 0.5) is 0 Å². The van der Waals surface area contributed by atoms with Gasteiger partial charge in [-0.3, -0.25) is 9.59 Å². The zero-order valence-electron chi connectivity index (χ0n) is 14.4. The average molecular weight is 342 g/mol. The van der Waals surface area contributed by atoms with Crippen molar-refractivity contribution in [3.63, 3.8) is 0 Å². The van der Waals surface area contributed by atoms with E-state index in [2.05, 4.69) is 0 Å². The number of hydrogen-bond acceptors (Lipinski definition) is 4. The molecule has 0 saturated carbocycles. The molecule has 6 nitrogen and oxygen atoms in total. The van der Waals surface area contributed by atoms with Gasteiger partial charge in [-0.2, -0.15) is 0 Å². The van der Waals surface area contributed by atoms with E-state index in [0.717, 1.165) is 11.3 Å². The molecule has 132 valence electrons. The summed E-state index contributed by atoms with van der Waals surface area (Å²) >= 11 is 0. The fraction of sp³-hybridized carbons (Fsp3) is 0.263. The largest absolute Gasteiger partial charge is 0.496 e. The van der Waals surface area contributed by atoms with E-state index in [1.165, 1.54) is 0 Å². The van der Waals surface area contributed by atoms with E-state index in [0.29, 0.717) is 24.3 Å². The summed E-state index contributed by atoms with van der Waals surface area (Å²) in [6.45, 7) is 0.380. The molecule has 6 heteroatoms. The Labute approximate surface area is 147 Å². The van der Waals surface area contributed by atoms with Crippen molar-refractivity contribution >= 4 is 11.8 Å². The number of ether oxygens (including phenoxy) is 2. The standard InChI is InChI=1S/C19H22N2O4/c1-21(12-11-14-5-3-4-6-17(14)24-2)19(23)15-7-9-16(10-8-15)25-13-18(20)22/h3-10H,11-13H2,1-2H3,(H2,20,22). The van der Waals surface area contributed by atoms with Crippen LogP contribution in [-0.4, -0.2) is 44.0 Å². The minimum Gasteiger partial charge on any atom is -0.496 e. The van der Waals surface area contributed by atoms with Gasteiger partial charge in [-0.25, -0.2) is 0 Å². The normalized spacial score (nSPS) is 10.2. The molecule has 0 aliphatic carbocycles. The van der Waals surface area contributed by atoms with E-state index < -0.39 is 5.91 Å². The molecule has 2 amide bonds. The molecule has 2 aromatic carbocycles. The maximum atomic E-state index is 12.5. The molecular formula is C19H22N2O4. The summed E-state index contributed by atoms with van der Waals surface area (Å²) in [5, 5.41) is 0. The number of nitrogens with zero attached hydrogens (tertiary/aromatic N) is 1. The number of carbonyl (C=O) groups excluding carboxylic acids is 2. The van der Waals surface area contributed by atoms with Crippen molar-refractivity contribution in [3.8, 4) is 11.5 Å². The number of likely N-dealkylation sites (N-methyl/N-ethyl adjacent to an activating group) is 1. The van der Waals surface area contributed by atoms with Crippen LogP contribution in [0.25, 0.3) is 0 Å². The van der Waals surface area contributed by atoms with Gasteiger partial charge >= 0.3 is 0 Å². The van der Waals surface area contributed by atoms with Gasteiger partial charge in [0, 0.05) is 19.2 Å². The van der Waals surface area contributed by atoms with E-state index in [1.54, 1.807) is 43.3 Å². The van der Waals surface area contributed by atoms with Crippen LogP contribution in [0.1, 0.15) is 15.9 Å². The number of nitrogens with two attached hydrogens (primary N) is 1. The molecule has 0 spiro atoms. The zero-order chi connectivity index (χ0) is 18.2. The summed E-state index contributed by atoms with van der Waals surface area (Å²) < 4.78 is 10.5. The summed E-state index contributed by atoms with van der Waals surface area (Å²) in [4.78, 5) is 24.8. The van der Waals surface area contributed by atoms with Gasteiger partial charge in [0.15, 0.2) is 6.61 Å². The Morgan fingerprint density at radius 3 is 2.40 bits per heavy atom. The Balaban J connectivity index is 1.94. The van der Waals surface area contributed by atoms with Crippen LogP contribution in [0, 0.1) is 0 Å². The fourth-order valence-corrected chi connectivity index (χ4v) is 2.37. The highest BCUT2D eigenvalue weighted by Crippen LogP contribution is 2.18. The Morgan fingerprint density at radius 2 is 1.76 bits per heavy atom. The Bertz CT molecular complexity index is 728. The van der Waals surface area contributed by atoms with Crippen molar-refractivity contribution in [2.75, 3.05) is 27.3 Å². The van der Waals surface area contributed by atoms with Gasteiger partial charge in [0.2, 0.25) is 0 Å². The predicted molar refractivity (Wildman–Crippen MR) is 94.8 cm³/mol. The van der Waals surface area contributed by atoms with Crippen molar-refractivity contribution in [1.82, 2.24) is 4.90 Å². The Morgan fingerprint density at radius 1 is 1.08 bits per heavy atom. The highest BCUT2D eigenvalue weighted by atomic mass is 16.5. The van der Waals surface area contributed by atoms with Crippen molar-refractivity contribution < 1.29 is 19.1 Å². The lowest BCUT2D eigenvalue weighted by Gasteiger charge is -2.18. The molecule has 2 aromatic rings. The molecule has 0 aliphatic rings. The summed E-state index contributed by atoms with van der Waals surface area (Å²) in [5.41, 5.74) is 6.63. The second-order valence-corrected chi connectivity index (χ2v) is 5.57. The van der Waals surface area contributed by atoms with Gasteiger partial charge in [0.1, 0.15) is 11.5 Å². The second-order valence-electron chi connectivity index (χ2n) is 5.57. The lowest BCUT2D eigenvalue weighted by molar-refractivity contribution is -0.119. The minimum absolute atomic E-state index is 0.0867. The average Bonchev–Trinajstić information content (AvgIpc) is 2.64. The first-order valence-electron chi connectivity index (χ1n) is 7.89. The van der Waals surface area contributed by atoms with Gasteiger partial charge in [-0.05, 0) is 42.3 Å². The van der Waals surface area contributed by atoms with E-state index in [4.69, 9.17) is 15.2 Å². The molecule has 0 atom stereocenters. The first kappa shape index (κ1) is 18.3. The fourth-order valence-electron chi connectivity index (χ4n) is 2.37. The third-order valence-corrected chi connectivity index (χ3v) is 3.74. The van der Waals surface area contributed by atoms with Crippen molar-refractivity contribution in [2.24, 2.45) is 5.73 Å². The molecule has 0 fully saturated rings. The van der Waals surface area contributed by atoms with Crippen LogP contribution in [0.15, 0.2) is 48.5 Å². The van der Waals surface area contributed by atoms with Crippen molar-refractivity contribution in [3.05, 3.63) is 59.7 Å². The number of rotatable bonds is 8. The third-order valence-electron chi connectivity index (χ3n) is 3.74. The van der Waals surface area contributed by atoms with Crippen LogP contribution in [0.3, 0.4) is 0 Å². The molecular weight excluding hydrogens is 320 g/mol. The number of amides is 2. The van der Waals surface area contributed by atoms with Gasteiger partial charge in [-0.1, -0.05) is 18.2 Å². The highest BCUT2D eigenvalue weighted by molar-refractivity contribution is 5.94. The molecule has 0 bridgehead atoms. The first-order valence-corrected chi connectivity index (χ1v) is 7.89. The Hall–Kier alpha value is -3.02. The smallest absolute Gasteiger partial charge is 0.255 e. The van der Waals surface area contributed by atoms with Crippen LogP contribution in [0.5, 0.6) is 11.5 Å². The van der Waals surface area contributed by atoms with Gasteiger partial charge < -0.3 is 20.1 Å². The SMILES string of the molecule is COc1ccccc1CCN(C)C(=O)c1ccc(OCC(N)=O)cc1. The maximum absolute atomic E-state index is 12.5. The summed E-state index contributed by atoms with van der Waals surface area (Å²) in [6.07, 6.45) is 0.700. The lowest BCUT2D eigenvalue weighted by atomic mass is 10.1. The lowest BCUT2D eigenvalue weighted by Crippen LogP contribution is -2.28. The summed E-state index contributed by atoms with van der Waals surface area (Å²) in [6, 6.07) is 14.4. The molecule has 2 rings (SSSR count). The molecule has 0 radical (unpaired) electrons. The monoisotopic (exact) mass is 342 g/mol. The highest BCUT2D eigenvalue weighted by Gasteiger charge is 2.13. The van der Waals surface area contributed by atoms with Crippen LogP contribution in [0.2, 0.25) is 0 Å². The number of carbonyl (C=O) groups is 2. The first-order chi connectivity index (χ1) is 12.0. The minimum atomic E-state index is -0.545. The topological polar surface area (TPSA) is 81.9 Å². The number of para-hydroxylation sites is 1. The van der Waals surface area contributed by atoms with Crippen LogP contribution < -0.4 is 15.2 Å². The summed E-state index contributed by atoms with van der Waals surface area (Å²) in [5.74, 6) is 0.680. The number of benzene rings is 2. The molecule has 0 unspecified atom stereocenters. The van der Waals surface area contributed by atoms with E-state index in [1.807, 2.05) is 24.3 Å². The summed E-state index contributed by atoms with van der Waals surface area (Å²) in [7, 11) is 3.39. The van der Waals surface area contributed by atoms with Crippen LogP contribution >= 0.6 is 0 Å². The molecule has 0 aromatic heterocycles. The van der Waals surface area contributed by atoms with Crippen molar-refractivity contribution in [1.29, 1.82) is 0 Å². The van der Waals surface area contributed by atoms with Crippen molar-refractivity contribution in [2.45, 2.75) is 6.42 Å². The molecule has 0 saturated heterocycles. The van der Waals surface area contributed by atoms with Gasteiger partial charge in [0.25, 0.3) is 11.8 Å². The van der Waals surface area contributed by atoms with Gasteiger partial charge in [-0.15, -0.1) is 0 Å². The molecule has 25 heavy (non-hydrogen) atoms. The third kappa shape index (κ3) is 5.24. The van der Waals surface area contributed by atoms with Crippen LogP contribution in [-0.2, 0) is 11.2 Å². The van der Waals surface area contributed by atoms with E-state index in [-0.39, 0.29) is 12.5 Å². The van der Waals surface area contributed by atoms with E-state index >= 15 is 0 Å². The number of methoxy groups -OCH3 is 1. The number of primary amides is 1. The number of hydrogen-bond donors (Lipinski definition) is 1. The maximum Gasteiger partial charge on any atom is 0.255 e. The predicted octanol–water partition coefficient (Wildman–Crippen LogP) is 1.87. The zero-order valence-corrected chi connectivity index (χ0v) is 14.4. The van der Waals surface area contributed by atoms with Gasteiger partial charge in [0.05, 0.1) is 7.11 Å². The Kier molecular flexibility index (Phi) is 6.39. The second kappa shape index (κ2) is 8.73. The quantitative estimate of drug-likeness (QED) is 0.794. The van der Waals surface area contributed by atoms with E-state index in [9.17, 15) is 9.59 Å². The molecule has 0 heterocycles. The molecule has 2 N–H and O–H groups in total. The molecule has 0 aliphatic heterocycles.